The molecule has 110 valence electrons. The molecule has 0 aromatic heterocycles. The Morgan fingerprint density at radius 2 is 1.67 bits per heavy atom. The fraction of sp³-hybridized carbons (Fsp3) is 0.235. The van der Waals surface area contributed by atoms with Gasteiger partial charge in [-0.3, -0.25) is 4.79 Å². The van der Waals surface area contributed by atoms with E-state index < -0.39 is 0 Å². The summed E-state index contributed by atoms with van der Waals surface area (Å²) in [7, 11) is 3.11. The minimum atomic E-state index is -0.0623. The number of ether oxygens (including phenoxy) is 2. The van der Waals surface area contributed by atoms with Crippen LogP contribution in [0, 0.1) is 13.8 Å². The molecule has 3 nitrogen and oxygen atoms in total. The number of ketones is 1. The lowest BCUT2D eigenvalue weighted by atomic mass is 9.97. The van der Waals surface area contributed by atoms with E-state index in [1.165, 1.54) is 7.11 Å². The van der Waals surface area contributed by atoms with Crippen molar-refractivity contribution in [2.75, 3.05) is 14.2 Å². The van der Waals surface area contributed by atoms with Gasteiger partial charge in [0.2, 0.25) is 0 Å². The summed E-state index contributed by atoms with van der Waals surface area (Å²) in [5.74, 6) is 1.05. The zero-order valence-corrected chi connectivity index (χ0v) is 14.1. The summed E-state index contributed by atoms with van der Waals surface area (Å²) in [6.07, 6.45) is 0. The average molecular weight is 349 g/mol. The first-order valence-corrected chi connectivity index (χ1v) is 7.31. The molecule has 0 fully saturated rings. The molecule has 0 bridgehead atoms. The molecule has 2 rings (SSSR count). The fourth-order valence-corrected chi connectivity index (χ4v) is 2.96. The van der Waals surface area contributed by atoms with E-state index in [2.05, 4.69) is 15.9 Å². The third kappa shape index (κ3) is 2.95. The molecule has 0 saturated heterocycles. The number of methoxy groups -OCH3 is 2. The molecule has 0 aliphatic heterocycles. The van der Waals surface area contributed by atoms with Gasteiger partial charge in [-0.15, -0.1) is 0 Å². The molecule has 0 aliphatic rings. The predicted octanol–water partition coefficient (Wildman–Crippen LogP) is 4.31. The highest BCUT2D eigenvalue weighted by molar-refractivity contribution is 9.10. The van der Waals surface area contributed by atoms with Gasteiger partial charge in [-0.25, -0.2) is 0 Å². The Labute approximate surface area is 133 Å². The number of carbonyl (C=O) groups is 1. The number of carbonyl (C=O) groups excluding carboxylic acids is 1. The highest BCUT2D eigenvalue weighted by Gasteiger charge is 2.20. The van der Waals surface area contributed by atoms with Crippen molar-refractivity contribution in [3.8, 4) is 11.5 Å². The maximum absolute atomic E-state index is 12.8. The van der Waals surface area contributed by atoms with Crippen molar-refractivity contribution >= 4 is 21.7 Å². The van der Waals surface area contributed by atoms with Crippen molar-refractivity contribution in [2.45, 2.75) is 13.8 Å². The quantitative estimate of drug-likeness (QED) is 0.772. The van der Waals surface area contributed by atoms with E-state index >= 15 is 0 Å². The van der Waals surface area contributed by atoms with E-state index in [1.807, 2.05) is 32.0 Å². The summed E-state index contributed by atoms with van der Waals surface area (Å²) in [4.78, 5) is 12.8. The molecule has 0 amide bonds. The number of halogens is 1. The summed E-state index contributed by atoms with van der Waals surface area (Å²) >= 11 is 3.42. The lowest BCUT2D eigenvalue weighted by molar-refractivity contribution is 0.103. The minimum Gasteiger partial charge on any atom is -0.495 e. The van der Waals surface area contributed by atoms with Gasteiger partial charge in [0, 0.05) is 5.56 Å². The van der Waals surface area contributed by atoms with Crippen LogP contribution >= 0.6 is 15.9 Å². The van der Waals surface area contributed by atoms with Crippen LogP contribution in [0.1, 0.15) is 27.0 Å². The second-order valence-electron chi connectivity index (χ2n) is 4.81. The molecule has 4 heteroatoms. The van der Waals surface area contributed by atoms with E-state index in [9.17, 15) is 4.79 Å². The molecule has 2 aromatic carbocycles. The molecular weight excluding hydrogens is 332 g/mol. The first kappa shape index (κ1) is 15.6. The Bertz CT molecular complexity index is 693. The third-order valence-corrected chi connectivity index (χ3v) is 4.11. The van der Waals surface area contributed by atoms with E-state index in [-0.39, 0.29) is 5.78 Å². The Morgan fingerprint density at radius 3 is 2.24 bits per heavy atom. The standard InChI is InChI=1S/C17H17BrO3/c1-10-5-6-12(11(2)9-10)16(19)13-7-8-14(20-3)15(18)17(13)21-4/h5-9H,1-4H3. The highest BCUT2D eigenvalue weighted by atomic mass is 79.9. The van der Waals surface area contributed by atoms with E-state index in [1.54, 1.807) is 19.2 Å². The summed E-state index contributed by atoms with van der Waals surface area (Å²) in [5.41, 5.74) is 3.27. The van der Waals surface area contributed by atoms with Crippen LogP contribution in [0.25, 0.3) is 0 Å². The molecule has 2 aromatic rings. The van der Waals surface area contributed by atoms with Gasteiger partial charge in [0.1, 0.15) is 16.0 Å². The van der Waals surface area contributed by atoms with Crippen LogP contribution in [-0.2, 0) is 0 Å². The molecule has 0 N–H and O–H groups in total. The number of hydrogen-bond donors (Lipinski definition) is 0. The van der Waals surface area contributed by atoms with Gasteiger partial charge < -0.3 is 9.47 Å². The zero-order valence-electron chi connectivity index (χ0n) is 12.5. The van der Waals surface area contributed by atoms with Crippen LogP contribution in [0.4, 0.5) is 0 Å². The van der Waals surface area contributed by atoms with Gasteiger partial charge in [0.05, 0.1) is 19.8 Å². The van der Waals surface area contributed by atoms with Gasteiger partial charge >= 0.3 is 0 Å². The largest absolute Gasteiger partial charge is 0.495 e. The molecule has 0 aliphatic carbocycles. The molecule has 0 radical (unpaired) electrons. The molecule has 0 unspecified atom stereocenters. The first-order valence-electron chi connectivity index (χ1n) is 6.52. The van der Waals surface area contributed by atoms with Crippen LogP contribution in [0.3, 0.4) is 0 Å². The van der Waals surface area contributed by atoms with Crippen molar-refractivity contribution in [3.63, 3.8) is 0 Å². The third-order valence-electron chi connectivity index (χ3n) is 3.36. The van der Waals surface area contributed by atoms with Crippen molar-refractivity contribution in [3.05, 3.63) is 57.1 Å². The summed E-state index contributed by atoms with van der Waals surface area (Å²) in [6, 6.07) is 9.27. The predicted molar refractivity (Wildman–Crippen MR) is 86.6 cm³/mol. The minimum absolute atomic E-state index is 0.0623. The normalized spacial score (nSPS) is 10.3. The number of hydrogen-bond acceptors (Lipinski definition) is 3. The van der Waals surface area contributed by atoms with Gasteiger partial charge in [-0.1, -0.05) is 23.8 Å². The number of benzene rings is 2. The number of aryl methyl sites for hydroxylation is 2. The van der Waals surface area contributed by atoms with Gasteiger partial charge in [0.15, 0.2) is 5.78 Å². The lowest BCUT2D eigenvalue weighted by Gasteiger charge is -2.13. The second-order valence-corrected chi connectivity index (χ2v) is 5.60. The van der Waals surface area contributed by atoms with E-state index in [0.29, 0.717) is 27.1 Å². The SMILES string of the molecule is COc1ccc(C(=O)c2ccc(C)cc2C)c(OC)c1Br. The Morgan fingerprint density at radius 1 is 1.00 bits per heavy atom. The molecule has 0 spiro atoms. The van der Waals surface area contributed by atoms with Crippen molar-refractivity contribution < 1.29 is 14.3 Å². The Kier molecular flexibility index (Phi) is 4.68. The fourth-order valence-electron chi connectivity index (χ4n) is 2.29. The zero-order chi connectivity index (χ0) is 15.6. The van der Waals surface area contributed by atoms with Crippen LogP contribution in [0.15, 0.2) is 34.8 Å². The van der Waals surface area contributed by atoms with Crippen molar-refractivity contribution in [1.29, 1.82) is 0 Å². The average Bonchev–Trinajstić information content (AvgIpc) is 2.46. The van der Waals surface area contributed by atoms with Crippen molar-refractivity contribution in [2.24, 2.45) is 0 Å². The summed E-state index contributed by atoms with van der Waals surface area (Å²) in [5, 5.41) is 0. The molecule has 21 heavy (non-hydrogen) atoms. The number of rotatable bonds is 4. The van der Waals surface area contributed by atoms with Crippen LogP contribution < -0.4 is 9.47 Å². The summed E-state index contributed by atoms with van der Waals surface area (Å²) < 4.78 is 11.2. The second kappa shape index (κ2) is 6.31. The lowest BCUT2D eigenvalue weighted by Crippen LogP contribution is -2.07. The molecule has 0 heterocycles. The van der Waals surface area contributed by atoms with Crippen LogP contribution in [0.2, 0.25) is 0 Å². The maximum atomic E-state index is 12.8. The summed E-state index contributed by atoms with van der Waals surface area (Å²) in [6.45, 7) is 3.94. The first-order chi connectivity index (χ1) is 9.99. The molecule has 0 saturated carbocycles. The van der Waals surface area contributed by atoms with Crippen LogP contribution in [-0.4, -0.2) is 20.0 Å². The molecule has 0 atom stereocenters. The topological polar surface area (TPSA) is 35.5 Å². The van der Waals surface area contributed by atoms with Gasteiger partial charge in [-0.2, -0.15) is 0 Å². The Hall–Kier alpha value is -1.81. The van der Waals surface area contributed by atoms with Gasteiger partial charge in [-0.05, 0) is 47.5 Å². The van der Waals surface area contributed by atoms with Crippen LogP contribution in [0.5, 0.6) is 11.5 Å². The maximum Gasteiger partial charge on any atom is 0.197 e. The highest BCUT2D eigenvalue weighted by Crippen LogP contribution is 2.38. The molecular formula is C17H17BrO3. The Balaban J connectivity index is 2.55. The smallest absolute Gasteiger partial charge is 0.197 e. The monoisotopic (exact) mass is 348 g/mol. The van der Waals surface area contributed by atoms with Crippen molar-refractivity contribution in [1.82, 2.24) is 0 Å². The van der Waals surface area contributed by atoms with E-state index in [0.717, 1.165) is 11.1 Å². The van der Waals surface area contributed by atoms with E-state index in [4.69, 9.17) is 9.47 Å². The van der Waals surface area contributed by atoms with Gasteiger partial charge in [0.25, 0.3) is 0 Å².